The maximum atomic E-state index is 5.31. The van der Waals surface area contributed by atoms with Crippen molar-refractivity contribution in [3.05, 3.63) is 71.8 Å². The number of nitrogens with zero attached hydrogens (tertiary/aromatic N) is 2. The lowest BCUT2D eigenvalue weighted by atomic mass is 9.88. The number of benzene rings is 2. The molecule has 1 atom stereocenters. The van der Waals surface area contributed by atoms with Gasteiger partial charge < -0.3 is 15.0 Å². The Bertz CT molecular complexity index is 663. The van der Waals surface area contributed by atoms with Gasteiger partial charge in [0.25, 0.3) is 0 Å². The maximum absolute atomic E-state index is 5.31. The Morgan fingerprint density at radius 3 is 2.30 bits per heavy atom. The number of methoxy groups -OCH3 is 1. The van der Waals surface area contributed by atoms with Crippen LogP contribution in [-0.4, -0.2) is 51.3 Å². The van der Waals surface area contributed by atoms with Crippen LogP contribution in [-0.2, 0) is 4.74 Å². The summed E-state index contributed by atoms with van der Waals surface area (Å²) < 4.78 is 5.31. The highest BCUT2D eigenvalue weighted by molar-refractivity contribution is 5.80. The van der Waals surface area contributed by atoms with Gasteiger partial charge >= 0.3 is 0 Å². The Hall–Kier alpha value is -2.33. The van der Waals surface area contributed by atoms with Gasteiger partial charge in [-0.2, -0.15) is 0 Å². The number of guanidine groups is 1. The molecule has 1 N–H and O–H groups in total. The van der Waals surface area contributed by atoms with Crippen molar-refractivity contribution >= 4 is 5.96 Å². The normalized spacial score (nSPS) is 17.5. The van der Waals surface area contributed by atoms with Crippen LogP contribution in [0.5, 0.6) is 0 Å². The third-order valence-electron chi connectivity index (χ3n) is 5.32. The number of hydrogen-bond donors (Lipinski definition) is 1. The molecule has 1 heterocycles. The van der Waals surface area contributed by atoms with E-state index in [1.54, 1.807) is 7.11 Å². The van der Waals surface area contributed by atoms with E-state index < -0.39 is 0 Å². The fraction of sp³-hybridized carbons (Fsp3) is 0.435. The Morgan fingerprint density at radius 1 is 1.11 bits per heavy atom. The van der Waals surface area contributed by atoms with Crippen LogP contribution in [0.4, 0.5) is 0 Å². The van der Waals surface area contributed by atoms with Crippen molar-refractivity contribution in [1.29, 1.82) is 0 Å². The number of rotatable bonds is 7. The Labute approximate surface area is 163 Å². The van der Waals surface area contributed by atoms with Crippen LogP contribution in [0.2, 0.25) is 0 Å². The van der Waals surface area contributed by atoms with Crippen LogP contribution in [0.15, 0.2) is 65.7 Å². The predicted octanol–water partition coefficient (Wildman–Crippen LogP) is 3.75. The molecule has 1 aliphatic heterocycles. The summed E-state index contributed by atoms with van der Waals surface area (Å²) in [6.07, 6.45) is 2.20. The third kappa shape index (κ3) is 5.33. The van der Waals surface area contributed by atoms with Crippen LogP contribution >= 0.6 is 0 Å². The second-order valence-corrected chi connectivity index (χ2v) is 7.19. The van der Waals surface area contributed by atoms with Gasteiger partial charge in [0.1, 0.15) is 0 Å². The van der Waals surface area contributed by atoms with Gasteiger partial charge in [0.15, 0.2) is 5.96 Å². The molecule has 1 unspecified atom stereocenters. The van der Waals surface area contributed by atoms with E-state index in [2.05, 4.69) is 75.9 Å². The first-order chi connectivity index (χ1) is 13.3. The minimum Gasteiger partial charge on any atom is -0.384 e. The molecule has 1 saturated heterocycles. The van der Waals surface area contributed by atoms with Crippen molar-refractivity contribution in [3.8, 4) is 0 Å². The SMILES string of the molecule is CN=C(NCCC(c1ccccc1)c1ccccc1)N1CCC(COC)C1. The van der Waals surface area contributed by atoms with Crippen molar-refractivity contribution in [2.75, 3.05) is 40.4 Å². The molecule has 0 spiro atoms. The van der Waals surface area contributed by atoms with Crippen LogP contribution < -0.4 is 5.32 Å². The summed E-state index contributed by atoms with van der Waals surface area (Å²) in [4.78, 5) is 6.85. The van der Waals surface area contributed by atoms with Gasteiger partial charge in [0.2, 0.25) is 0 Å². The van der Waals surface area contributed by atoms with Gasteiger partial charge in [-0.15, -0.1) is 0 Å². The van der Waals surface area contributed by atoms with E-state index in [9.17, 15) is 0 Å². The average molecular weight is 366 g/mol. The largest absolute Gasteiger partial charge is 0.384 e. The molecule has 144 valence electrons. The van der Waals surface area contributed by atoms with E-state index in [1.807, 2.05) is 7.05 Å². The molecule has 0 saturated carbocycles. The second kappa shape index (κ2) is 10.1. The molecule has 2 aromatic rings. The summed E-state index contributed by atoms with van der Waals surface area (Å²) in [6.45, 7) is 3.80. The van der Waals surface area contributed by atoms with E-state index in [-0.39, 0.29) is 0 Å². The lowest BCUT2D eigenvalue weighted by Crippen LogP contribution is -2.41. The molecule has 1 fully saturated rings. The molecular formula is C23H31N3O. The van der Waals surface area contributed by atoms with Gasteiger partial charge in [-0.25, -0.2) is 0 Å². The quantitative estimate of drug-likeness (QED) is 0.600. The highest BCUT2D eigenvalue weighted by atomic mass is 16.5. The minimum absolute atomic E-state index is 0.387. The smallest absolute Gasteiger partial charge is 0.193 e. The van der Waals surface area contributed by atoms with E-state index in [0.717, 1.165) is 38.6 Å². The average Bonchev–Trinajstić information content (AvgIpc) is 3.18. The van der Waals surface area contributed by atoms with Crippen molar-refractivity contribution < 1.29 is 4.74 Å². The zero-order valence-corrected chi connectivity index (χ0v) is 16.5. The monoisotopic (exact) mass is 365 g/mol. The first kappa shape index (κ1) is 19.4. The molecule has 2 aromatic carbocycles. The molecule has 27 heavy (non-hydrogen) atoms. The molecular weight excluding hydrogens is 334 g/mol. The topological polar surface area (TPSA) is 36.9 Å². The summed E-state index contributed by atoms with van der Waals surface area (Å²) in [5.74, 6) is 2.00. The van der Waals surface area contributed by atoms with Crippen LogP contribution in [0.1, 0.15) is 29.9 Å². The Kier molecular flexibility index (Phi) is 7.28. The summed E-state index contributed by atoms with van der Waals surface area (Å²) in [5, 5.41) is 3.58. The zero-order valence-electron chi connectivity index (χ0n) is 16.5. The van der Waals surface area contributed by atoms with Gasteiger partial charge in [-0.1, -0.05) is 60.7 Å². The second-order valence-electron chi connectivity index (χ2n) is 7.19. The van der Waals surface area contributed by atoms with Crippen molar-refractivity contribution in [1.82, 2.24) is 10.2 Å². The fourth-order valence-electron chi connectivity index (χ4n) is 3.95. The van der Waals surface area contributed by atoms with E-state index in [1.165, 1.54) is 17.5 Å². The number of likely N-dealkylation sites (tertiary alicyclic amines) is 1. The standard InChI is InChI=1S/C23H31N3O/c1-24-23(26-16-14-19(17-26)18-27-2)25-15-13-22(20-9-5-3-6-10-20)21-11-7-4-8-12-21/h3-12,19,22H,13-18H2,1-2H3,(H,24,25). The molecule has 4 heteroatoms. The lowest BCUT2D eigenvalue weighted by Gasteiger charge is -2.23. The van der Waals surface area contributed by atoms with Gasteiger partial charge in [0, 0.05) is 45.6 Å². The minimum atomic E-state index is 0.387. The lowest BCUT2D eigenvalue weighted by molar-refractivity contribution is 0.157. The first-order valence-corrected chi connectivity index (χ1v) is 9.86. The first-order valence-electron chi connectivity index (χ1n) is 9.86. The van der Waals surface area contributed by atoms with Crippen LogP contribution in [0, 0.1) is 5.92 Å². The van der Waals surface area contributed by atoms with Gasteiger partial charge in [-0.3, -0.25) is 4.99 Å². The van der Waals surface area contributed by atoms with Gasteiger partial charge in [0.05, 0.1) is 6.61 Å². The number of nitrogens with one attached hydrogen (secondary N) is 1. The molecule has 0 radical (unpaired) electrons. The van der Waals surface area contributed by atoms with Crippen molar-refractivity contribution in [2.45, 2.75) is 18.8 Å². The summed E-state index contributed by atoms with van der Waals surface area (Å²) in [6, 6.07) is 21.5. The number of hydrogen-bond acceptors (Lipinski definition) is 2. The van der Waals surface area contributed by atoms with Crippen LogP contribution in [0.3, 0.4) is 0 Å². The molecule has 0 amide bonds. The Balaban J connectivity index is 1.60. The fourth-order valence-corrected chi connectivity index (χ4v) is 3.95. The zero-order chi connectivity index (χ0) is 18.9. The number of aliphatic imine (C=N–C) groups is 1. The molecule has 3 rings (SSSR count). The third-order valence-corrected chi connectivity index (χ3v) is 5.32. The Morgan fingerprint density at radius 2 is 1.74 bits per heavy atom. The molecule has 0 aliphatic carbocycles. The van der Waals surface area contributed by atoms with E-state index in [0.29, 0.717) is 11.8 Å². The molecule has 0 bridgehead atoms. The molecule has 0 aromatic heterocycles. The highest BCUT2D eigenvalue weighted by Gasteiger charge is 2.24. The van der Waals surface area contributed by atoms with E-state index in [4.69, 9.17) is 4.74 Å². The molecule has 4 nitrogen and oxygen atoms in total. The van der Waals surface area contributed by atoms with Crippen molar-refractivity contribution in [2.24, 2.45) is 10.9 Å². The van der Waals surface area contributed by atoms with Crippen molar-refractivity contribution in [3.63, 3.8) is 0 Å². The summed E-state index contributed by atoms with van der Waals surface area (Å²) >= 11 is 0. The van der Waals surface area contributed by atoms with Crippen LogP contribution in [0.25, 0.3) is 0 Å². The van der Waals surface area contributed by atoms with E-state index >= 15 is 0 Å². The van der Waals surface area contributed by atoms with Gasteiger partial charge in [-0.05, 0) is 24.0 Å². The summed E-state index contributed by atoms with van der Waals surface area (Å²) in [7, 11) is 3.65. The molecule has 1 aliphatic rings. The summed E-state index contributed by atoms with van der Waals surface area (Å²) in [5.41, 5.74) is 2.73. The number of ether oxygens (including phenoxy) is 1. The highest BCUT2D eigenvalue weighted by Crippen LogP contribution is 2.27. The maximum Gasteiger partial charge on any atom is 0.193 e. The predicted molar refractivity (Wildman–Crippen MR) is 112 cm³/mol.